The lowest BCUT2D eigenvalue weighted by Gasteiger charge is -2.29. The molecule has 0 saturated heterocycles. The van der Waals surface area contributed by atoms with Gasteiger partial charge in [0.2, 0.25) is 15.8 Å². The largest absolute Gasteiger partial charge is 0.304 e. The predicted molar refractivity (Wildman–Crippen MR) is 70.2 cm³/mol. The molecule has 1 aliphatic rings. The summed E-state index contributed by atoms with van der Waals surface area (Å²) in [7, 11) is -2.37. The Kier molecular flexibility index (Phi) is 4.05. The number of nitro groups is 1. The van der Waals surface area contributed by atoms with Crippen LogP contribution in [0.5, 0.6) is 0 Å². The van der Waals surface area contributed by atoms with Gasteiger partial charge >= 0.3 is 5.69 Å². The lowest BCUT2D eigenvalue weighted by molar-refractivity contribution is -0.387. The van der Waals surface area contributed by atoms with Crippen molar-refractivity contribution >= 4 is 15.7 Å². The van der Waals surface area contributed by atoms with E-state index in [4.69, 9.17) is 0 Å². The van der Waals surface area contributed by atoms with Crippen LogP contribution in [0.25, 0.3) is 0 Å². The fourth-order valence-corrected chi connectivity index (χ4v) is 3.37. The molecule has 0 bridgehead atoms. The quantitative estimate of drug-likeness (QED) is 0.616. The van der Waals surface area contributed by atoms with Crippen LogP contribution in [-0.4, -0.2) is 31.2 Å². The van der Waals surface area contributed by atoms with E-state index >= 15 is 0 Å². The molecule has 0 radical (unpaired) electrons. The minimum atomic E-state index is -3.80. The van der Waals surface area contributed by atoms with Gasteiger partial charge in [0.05, 0.1) is 9.82 Å². The Morgan fingerprint density at radius 3 is 2.55 bits per heavy atom. The summed E-state index contributed by atoms with van der Waals surface area (Å²) in [6.45, 7) is 0.390. The van der Waals surface area contributed by atoms with E-state index in [1.54, 1.807) is 0 Å². The van der Waals surface area contributed by atoms with Crippen molar-refractivity contribution in [2.45, 2.75) is 24.2 Å². The summed E-state index contributed by atoms with van der Waals surface area (Å²) < 4.78 is 39.1. The van der Waals surface area contributed by atoms with Crippen LogP contribution in [0.15, 0.2) is 23.1 Å². The third-order valence-corrected chi connectivity index (χ3v) is 5.38. The second-order valence-corrected chi connectivity index (χ2v) is 7.00. The van der Waals surface area contributed by atoms with Crippen LogP contribution in [-0.2, 0) is 10.0 Å². The van der Waals surface area contributed by atoms with Crippen LogP contribution in [0.2, 0.25) is 0 Å². The first-order valence-corrected chi connectivity index (χ1v) is 7.66. The Balaban J connectivity index is 2.24. The molecule has 0 amide bonds. The Bertz CT molecular complexity index is 628. The van der Waals surface area contributed by atoms with E-state index in [9.17, 15) is 22.9 Å². The van der Waals surface area contributed by atoms with Crippen LogP contribution in [0.1, 0.15) is 19.3 Å². The third-order valence-electron chi connectivity index (χ3n) is 3.56. The Morgan fingerprint density at radius 2 is 2.10 bits per heavy atom. The minimum Gasteiger partial charge on any atom is -0.258 e. The highest BCUT2D eigenvalue weighted by molar-refractivity contribution is 7.89. The minimum absolute atomic E-state index is 0.262. The van der Waals surface area contributed by atoms with Crippen molar-refractivity contribution in [2.75, 3.05) is 13.6 Å². The Morgan fingerprint density at radius 1 is 1.45 bits per heavy atom. The molecule has 0 aromatic heterocycles. The molecule has 1 aromatic rings. The molecule has 110 valence electrons. The highest BCUT2D eigenvalue weighted by atomic mass is 32.2. The SMILES string of the molecule is CN(CC1CCC1)S(=O)(=O)c1ccc([N+](=O)[O-])c(F)c1. The zero-order valence-electron chi connectivity index (χ0n) is 11.0. The third kappa shape index (κ3) is 2.80. The standard InChI is InChI=1S/C12H15FN2O4S/c1-14(8-9-3-2-4-9)20(18,19)10-5-6-12(15(16)17)11(13)7-10/h5-7,9H,2-4,8H2,1H3. The number of rotatable bonds is 5. The molecule has 0 aliphatic heterocycles. The fourth-order valence-electron chi connectivity index (χ4n) is 2.11. The molecule has 0 atom stereocenters. The molecular weight excluding hydrogens is 287 g/mol. The number of nitrogens with zero attached hydrogens (tertiary/aromatic N) is 2. The molecule has 0 unspecified atom stereocenters. The number of sulfonamides is 1. The lowest BCUT2D eigenvalue weighted by Crippen LogP contribution is -2.34. The maximum atomic E-state index is 13.5. The van der Waals surface area contributed by atoms with Crippen molar-refractivity contribution in [3.63, 3.8) is 0 Å². The Hall–Kier alpha value is -1.54. The summed E-state index contributed by atoms with van der Waals surface area (Å²) in [4.78, 5) is 9.37. The molecule has 1 saturated carbocycles. The number of nitro benzene ring substituents is 1. The molecule has 8 heteroatoms. The van der Waals surface area contributed by atoms with Gasteiger partial charge in [-0.15, -0.1) is 0 Å². The van der Waals surface area contributed by atoms with E-state index in [0.29, 0.717) is 18.5 Å². The van der Waals surface area contributed by atoms with Gasteiger partial charge in [-0.2, -0.15) is 4.39 Å². The zero-order valence-corrected chi connectivity index (χ0v) is 11.8. The number of hydrogen-bond acceptors (Lipinski definition) is 4. The first-order chi connectivity index (χ1) is 9.32. The highest BCUT2D eigenvalue weighted by Gasteiger charge is 2.28. The van der Waals surface area contributed by atoms with Crippen LogP contribution >= 0.6 is 0 Å². The van der Waals surface area contributed by atoms with E-state index < -0.39 is 26.5 Å². The average Bonchev–Trinajstić information content (AvgIpc) is 2.32. The summed E-state index contributed by atoms with van der Waals surface area (Å²) >= 11 is 0. The maximum Gasteiger partial charge on any atom is 0.304 e. The summed E-state index contributed by atoms with van der Waals surface area (Å²) in [5.41, 5.74) is -0.731. The van der Waals surface area contributed by atoms with Crippen molar-refractivity contribution in [2.24, 2.45) is 5.92 Å². The van der Waals surface area contributed by atoms with Gasteiger partial charge in [-0.1, -0.05) is 6.42 Å². The molecule has 0 spiro atoms. The van der Waals surface area contributed by atoms with Gasteiger partial charge in [0.15, 0.2) is 0 Å². The van der Waals surface area contributed by atoms with E-state index in [1.165, 1.54) is 11.4 Å². The molecule has 0 heterocycles. The summed E-state index contributed by atoms with van der Waals surface area (Å²) in [5.74, 6) is -0.800. The molecule has 1 aromatic carbocycles. The van der Waals surface area contributed by atoms with E-state index in [-0.39, 0.29) is 4.90 Å². The van der Waals surface area contributed by atoms with Gasteiger partial charge < -0.3 is 0 Å². The first kappa shape index (κ1) is 14.9. The predicted octanol–water partition coefficient (Wildman–Crippen LogP) is 2.15. The van der Waals surface area contributed by atoms with Crippen molar-refractivity contribution in [3.05, 3.63) is 34.1 Å². The molecule has 0 N–H and O–H groups in total. The average molecular weight is 302 g/mol. The molecule has 1 aliphatic carbocycles. The van der Waals surface area contributed by atoms with Gasteiger partial charge in [0, 0.05) is 25.7 Å². The smallest absolute Gasteiger partial charge is 0.258 e. The van der Waals surface area contributed by atoms with Crippen LogP contribution in [0.4, 0.5) is 10.1 Å². The summed E-state index contributed by atoms with van der Waals surface area (Å²) in [6.07, 6.45) is 3.09. The van der Waals surface area contributed by atoms with Gasteiger partial charge in [-0.3, -0.25) is 10.1 Å². The first-order valence-electron chi connectivity index (χ1n) is 6.22. The maximum absolute atomic E-state index is 13.5. The highest BCUT2D eigenvalue weighted by Crippen LogP contribution is 2.29. The van der Waals surface area contributed by atoms with Gasteiger partial charge in [0.1, 0.15) is 0 Å². The fraction of sp³-hybridized carbons (Fsp3) is 0.500. The molecule has 2 rings (SSSR count). The van der Waals surface area contributed by atoms with E-state index in [1.807, 2.05) is 0 Å². The molecule has 20 heavy (non-hydrogen) atoms. The number of benzene rings is 1. The Labute approximate surface area is 116 Å². The summed E-state index contributed by atoms with van der Waals surface area (Å²) in [5, 5.41) is 10.5. The van der Waals surface area contributed by atoms with Gasteiger partial charge in [-0.05, 0) is 24.8 Å². The van der Waals surface area contributed by atoms with Crippen molar-refractivity contribution in [1.82, 2.24) is 4.31 Å². The number of hydrogen-bond donors (Lipinski definition) is 0. The zero-order chi connectivity index (χ0) is 14.9. The van der Waals surface area contributed by atoms with Gasteiger partial charge in [-0.25, -0.2) is 12.7 Å². The monoisotopic (exact) mass is 302 g/mol. The van der Waals surface area contributed by atoms with E-state index in [0.717, 1.165) is 31.4 Å². The van der Waals surface area contributed by atoms with Crippen LogP contribution in [0, 0.1) is 21.8 Å². The summed E-state index contributed by atoms with van der Waals surface area (Å²) in [6, 6.07) is 2.64. The topological polar surface area (TPSA) is 80.5 Å². The second kappa shape index (κ2) is 5.45. The normalized spacial score (nSPS) is 16.1. The lowest BCUT2D eigenvalue weighted by atomic mass is 9.86. The second-order valence-electron chi connectivity index (χ2n) is 4.95. The molecular formula is C12H15FN2O4S. The molecule has 6 nitrogen and oxygen atoms in total. The van der Waals surface area contributed by atoms with Crippen LogP contribution < -0.4 is 0 Å². The number of halogens is 1. The van der Waals surface area contributed by atoms with E-state index in [2.05, 4.69) is 0 Å². The van der Waals surface area contributed by atoms with Crippen LogP contribution in [0.3, 0.4) is 0 Å². The van der Waals surface area contributed by atoms with Crippen molar-refractivity contribution in [3.8, 4) is 0 Å². The molecule has 1 fully saturated rings. The van der Waals surface area contributed by atoms with Gasteiger partial charge in [0.25, 0.3) is 0 Å². The van der Waals surface area contributed by atoms with Crippen molar-refractivity contribution in [1.29, 1.82) is 0 Å². The van der Waals surface area contributed by atoms with Crippen molar-refractivity contribution < 1.29 is 17.7 Å².